The van der Waals surface area contributed by atoms with Gasteiger partial charge < -0.3 is 5.73 Å². The molecule has 15 heavy (non-hydrogen) atoms. The second-order valence-electron chi connectivity index (χ2n) is 3.23. The minimum atomic E-state index is 0.525. The van der Waals surface area contributed by atoms with Crippen LogP contribution in [0.5, 0.6) is 0 Å². The highest BCUT2D eigenvalue weighted by atomic mass is 35.5. The number of rotatable bonds is 3. The van der Waals surface area contributed by atoms with Crippen molar-refractivity contribution >= 4 is 22.9 Å². The van der Waals surface area contributed by atoms with Crippen LogP contribution in [0.2, 0.25) is 5.02 Å². The molecule has 2 rings (SSSR count). The Kier molecular flexibility index (Phi) is 3.36. The van der Waals surface area contributed by atoms with Crippen LogP contribution in [0.4, 0.5) is 0 Å². The lowest BCUT2D eigenvalue weighted by Crippen LogP contribution is -1.97. The van der Waals surface area contributed by atoms with Crippen molar-refractivity contribution in [1.82, 2.24) is 4.98 Å². The molecular weight excluding hydrogens is 228 g/mol. The van der Waals surface area contributed by atoms with E-state index in [1.165, 1.54) is 0 Å². The highest BCUT2D eigenvalue weighted by molar-refractivity contribution is 7.09. The SMILES string of the molecule is NCc1ccc(Cc2nccs2)c(Cl)c1. The molecule has 78 valence electrons. The molecule has 2 N–H and O–H groups in total. The van der Waals surface area contributed by atoms with E-state index in [0.717, 1.165) is 27.6 Å². The van der Waals surface area contributed by atoms with E-state index in [1.807, 2.05) is 29.8 Å². The first-order chi connectivity index (χ1) is 7.29. The van der Waals surface area contributed by atoms with E-state index in [0.29, 0.717) is 6.54 Å². The average molecular weight is 239 g/mol. The van der Waals surface area contributed by atoms with Gasteiger partial charge in [-0.15, -0.1) is 11.3 Å². The molecule has 0 amide bonds. The predicted octanol–water partition coefficient (Wildman–Crippen LogP) is 2.85. The zero-order chi connectivity index (χ0) is 10.7. The molecule has 2 aromatic rings. The number of thiazole rings is 1. The Bertz CT molecular complexity index is 440. The maximum Gasteiger partial charge on any atom is 0.0969 e. The van der Waals surface area contributed by atoms with Crippen LogP contribution in [-0.2, 0) is 13.0 Å². The summed E-state index contributed by atoms with van der Waals surface area (Å²) < 4.78 is 0. The largest absolute Gasteiger partial charge is 0.326 e. The van der Waals surface area contributed by atoms with Gasteiger partial charge in [0.2, 0.25) is 0 Å². The Labute approximate surface area is 97.7 Å². The van der Waals surface area contributed by atoms with Gasteiger partial charge in [-0.3, -0.25) is 0 Å². The average Bonchev–Trinajstić information content (AvgIpc) is 2.74. The van der Waals surface area contributed by atoms with Crippen molar-refractivity contribution in [3.63, 3.8) is 0 Å². The van der Waals surface area contributed by atoms with Gasteiger partial charge in [0.15, 0.2) is 0 Å². The molecule has 0 bridgehead atoms. The minimum absolute atomic E-state index is 0.525. The smallest absolute Gasteiger partial charge is 0.0969 e. The van der Waals surface area contributed by atoms with Crippen molar-refractivity contribution in [3.8, 4) is 0 Å². The van der Waals surface area contributed by atoms with Gasteiger partial charge in [0.1, 0.15) is 0 Å². The Morgan fingerprint density at radius 3 is 2.87 bits per heavy atom. The molecule has 0 atom stereocenters. The molecule has 4 heteroatoms. The van der Waals surface area contributed by atoms with E-state index in [1.54, 1.807) is 11.3 Å². The molecule has 0 spiro atoms. The molecule has 0 unspecified atom stereocenters. The fourth-order valence-electron chi connectivity index (χ4n) is 1.36. The third kappa shape index (κ3) is 2.56. The maximum absolute atomic E-state index is 6.15. The first-order valence-corrected chi connectivity index (χ1v) is 5.91. The van der Waals surface area contributed by atoms with Gasteiger partial charge in [0, 0.05) is 29.6 Å². The van der Waals surface area contributed by atoms with Crippen LogP contribution in [0.15, 0.2) is 29.8 Å². The van der Waals surface area contributed by atoms with E-state index < -0.39 is 0 Å². The summed E-state index contributed by atoms with van der Waals surface area (Å²) in [4.78, 5) is 4.23. The van der Waals surface area contributed by atoms with Crippen LogP contribution in [0.25, 0.3) is 0 Å². The summed E-state index contributed by atoms with van der Waals surface area (Å²) in [6, 6.07) is 5.95. The quantitative estimate of drug-likeness (QED) is 0.893. The van der Waals surface area contributed by atoms with Gasteiger partial charge >= 0.3 is 0 Å². The first kappa shape index (κ1) is 10.6. The monoisotopic (exact) mass is 238 g/mol. The fourth-order valence-corrected chi connectivity index (χ4v) is 2.27. The minimum Gasteiger partial charge on any atom is -0.326 e. The lowest BCUT2D eigenvalue weighted by molar-refractivity contribution is 1.06. The zero-order valence-electron chi connectivity index (χ0n) is 8.11. The number of halogens is 1. The molecule has 0 aliphatic heterocycles. The zero-order valence-corrected chi connectivity index (χ0v) is 9.68. The van der Waals surface area contributed by atoms with Gasteiger partial charge in [-0.2, -0.15) is 0 Å². The highest BCUT2D eigenvalue weighted by Gasteiger charge is 2.04. The van der Waals surface area contributed by atoms with Crippen LogP contribution in [0.1, 0.15) is 16.1 Å². The number of hydrogen-bond acceptors (Lipinski definition) is 3. The van der Waals surface area contributed by atoms with Crippen molar-refractivity contribution < 1.29 is 0 Å². The Balaban J connectivity index is 2.22. The summed E-state index contributed by atoms with van der Waals surface area (Å²) in [6.45, 7) is 0.525. The Morgan fingerprint density at radius 1 is 1.40 bits per heavy atom. The number of nitrogens with two attached hydrogens (primary N) is 1. The van der Waals surface area contributed by atoms with E-state index >= 15 is 0 Å². The predicted molar refractivity (Wildman–Crippen MR) is 64.3 cm³/mol. The third-order valence-corrected chi connectivity index (χ3v) is 3.31. The van der Waals surface area contributed by atoms with Crippen LogP contribution in [0.3, 0.4) is 0 Å². The normalized spacial score (nSPS) is 10.5. The lowest BCUT2D eigenvalue weighted by Gasteiger charge is -2.04. The van der Waals surface area contributed by atoms with Crippen molar-refractivity contribution in [2.45, 2.75) is 13.0 Å². The molecular formula is C11H11ClN2S. The Morgan fingerprint density at radius 2 is 2.27 bits per heavy atom. The van der Waals surface area contributed by atoms with E-state index in [9.17, 15) is 0 Å². The van der Waals surface area contributed by atoms with E-state index in [2.05, 4.69) is 4.98 Å². The summed E-state index contributed by atoms with van der Waals surface area (Å²) in [5, 5.41) is 3.82. The van der Waals surface area contributed by atoms with Crippen molar-refractivity contribution in [3.05, 3.63) is 50.9 Å². The summed E-state index contributed by atoms with van der Waals surface area (Å²) in [5.41, 5.74) is 7.69. The van der Waals surface area contributed by atoms with Crippen LogP contribution < -0.4 is 5.73 Å². The molecule has 0 saturated carbocycles. The summed E-state index contributed by atoms with van der Waals surface area (Å²) >= 11 is 7.79. The molecule has 0 aliphatic carbocycles. The number of hydrogen-bond donors (Lipinski definition) is 1. The second-order valence-corrected chi connectivity index (χ2v) is 4.62. The van der Waals surface area contributed by atoms with E-state index in [4.69, 9.17) is 17.3 Å². The van der Waals surface area contributed by atoms with Crippen LogP contribution >= 0.6 is 22.9 Å². The standard InChI is InChI=1S/C11H11ClN2S/c12-10-5-8(7-13)1-2-9(10)6-11-14-3-4-15-11/h1-5H,6-7,13H2. The Hall–Kier alpha value is -0.900. The first-order valence-electron chi connectivity index (χ1n) is 4.65. The second kappa shape index (κ2) is 4.75. The number of aromatic nitrogens is 1. The summed E-state index contributed by atoms with van der Waals surface area (Å²) in [6.07, 6.45) is 2.60. The third-order valence-electron chi connectivity index (χ3n) is 2.18. The van der Waals surface area contributed by atoms with Crippen molar-refractivity contribution in [2.75, 3.05) is 0 Å². The van der Waals surface area contributed by atoms with Crippen molar-refractivity contribution in [1.29, 1.82) is 0 Å². The lowest BCUT2D eigenvalue weighted by atomic mass is 10.1. The van der Waals surface area contributed by atoms with E-state index in [-0.39, 0.29) is 0 Å². The van der Waals surface area contributed by atoms with Gasteiger partial charge in [0.05, 0.1) is 5.01 Å². The van der Waals surface area contributed by atoms with Crippen molar-refractivity contribution in [2.24, 2.45) is 5.73 Å². The molecule has 2 nitrogen and oxygen atoms in total. The fraction of sp³-hybridized carbons (Fsp3) is 0.182. The molecule has 1 aromatic carbocycles. The topological polar surface area (TPSA) is 38.9 Å². The van der Waals surface area contributed by atoms with Gasteiger partial charge in [-0.25, -0.2) is 4.98 Å². The van der Waals surface area contributed by atoms with Gasteiger partial charge in [-0.1, -0.05) is 23.7 Å². The van der Waals surface area contributed by atoms with Crippen LogP contribution in [-0.4, -0.2) is 4.98 Å². The highest BCUT2D eigenvalue weighted by Crippen LogP contribution is 2.21. The number of nitrogens with zero attached hydrogens (tertiary/aromatic N) is 1. The molecule has 0 saturated heterocycles. The van der Waals surface area contributed by atoms with Gasteiger partial charge in [-0.05, 0) is 17.2 Å². The number of benzene rings is 1. The molecule has 0 fully saturated rings. The molecule has 1 aromatic heterocycles. The molecule has 0 radical (unpaired) electrons. The maximum atomic E-state index is 6.15. The summed E-state index contributed by atoms with van der Waals surface area (Å²) in [5.74, 6) is 0. The van der Waals surface area contributed by atoms with Crippen LogP contribution in [0, 0.1) is 0 Å². The molecule has 1 heterocycles. The van der Waals surface area contributed by atoms with Gasteiger partial charge in [0.25, 0.3) is 0 Å². The summed E-state index contributed by atoms with van der Waals surface area (Å²) in [7, 11) is 0. The molecule has 0 aliphatic rings.